The van der Waals surface area contributed by atoms with Crippen LogP contribution in [0.3, 0.4) is 0 Å². The molecule has 0 aliphatic carbocycles. The molecule has 258 valence electrons. The number of morpholine rings is 1. The van der Waals surface area contributed by atoms with Gasteiger partial charge in [-0.1, -0.05) is 92.7 Å². The second-order valence-corrected chi connectivity index (χ2v) is 15.0. The summed E-state index contributed by atoms with van der Waals surface area (Å²) in [5.74, 6) is -0.853. The molecule has 2 N–H and O–H groups in total. The van der Waals surface area contributed by atoms with Crippen LogP contribution in [0.15, 0.2) is 91.0 Å². The second-order valence-electron chi connectivity index (χ2n) is 12.4. The molecule has 1 heterocycles. The SMILES string of the molecule is CC(C)C[C@H](NC(=O)OCc1ccccc1)C(=O)N[C@@H](Cc1ccccc1)C(=O)COP(=O)(CCCN1CCOCC1)c1ccccc1. The molecule has 1 fully saturated rings. The number of nitrogens with one attached hydrogen (secondary N) is 2. The number of alkyl carbamates (subject to hydrolysis) is 1. The lowest BCUT2D eigenvalue weighted by Gasteiger charge is -2.27. The van der Waals surface area contributed by atoms with Gasteiger partial charge in [0.1, 0.15) is 19.3 Å². The Bertz CT molecular complexity index is 1470. The van der Waals surface area contributed by atoms with Crippen LogP contribution < -0.4 is 15.9 Å². The zero-order valence-corrected chi connectivity index (χ0v) is 28.8. The number of rotatable bonds is 18. The third-order valence-corrected chi connectivity index (χ3v) is 10.6. The van der Waals surface area contributed by atoms with Gasteiger partial charge < -0.3 is 24.6 Å². The Balaban J connectivity index is 1.44. The fourth-order valence-electron chi connectivity index (χ4n) is 5.50. The van der Waals surface area contributed by atoms with Crippen molar-refractivity contribution in [3.05, 3.63) is 102 Å². The number of carbonyl (C=O) groups excluding carboxylic acids is 3. The molecule has 11 heteroatoms. The minimum absolute atomic E-state index is 0.0586. The van der Waals surface area contributed by atoms with Gasteiger partial charge in [0.15, 0.2) is 5.78 Å². The van der Waals surface area contributed by atoms with E-state index in [9.17, 15) is 18.9 Å². The van der Waals surface area contributed by atoms with E-state index in [4.69, 9.17) is 14.0 Å². The summed E-state index contributed by atoms with van der Waals surface area (Å²) in [5, 5.41) is 6.10. The molecule has 0 aromatic heterocycles. The van der Waals surface area contributed by atoms with Crippen molar-refractivity contribution in [2.24, 2.45) is 5.92 Å². The Kier molecular flexibility index (Phi) is 14.8. The van der Waals surface area contributed by atoms with Crippen molar-refractivity contribution in [3.8, 4) is 0 Å². The van der Waals surface area contributed by atoms with E-state index < -0.39 is 43.8 Å². The molecule has 0 bridgehead atoms. The van der Waals surface area contributed by atoms with Crippen molar-refractivity contribution < 1.29 is 32.9 Å². The number of benzene rings is 3. The van der Waals surface area contributed by atoms with Crippen molar-refractivity contribution in [1.82, 2.24) is 15.5 Å². The first-order valence-electron chi connectivity index (χ1n) is 16.7. The van der Waals surface area contributed by atoms with E-state index in [0.29, 0.717) is 31.4 Å². The largest absolute Gasteiger partial charge is 0.445 e. The number of ether oxygens (including phenoxy) is 2. The van der Waals surface area contributed by atoms with Crippen LogP contribution in [0.1, 0.15) is 37.8 Å². The van der Waals surface area contributed by atoms with Crippen LogP contribution in [-0.2, 0) is 41.2 Å². The third-order valence-electron chi connectivity index (χ3n) is 8.11. The first kappa shape index (κ1) is 37.0. The Morgan fingerprint density at radius 3 is 2.06 bits per heavy atom. The summed E-state index contributed by atoms with van der Waals surface area (Å²) >= 11 is 0. The molecule has 3 atom stereocenters. The molecule has 0 spiro atoms. The maximum Gasteiger partial charge on any atom is 0.408 e. The molecule has 4 rings (SSSR count). The quantitative estimate of drug-likeness (QED) is 0.181. The van der Waals surface area contributed by atoms with E-state index in [1.165, 1.54) is 0 Å². The number of Topliss-reactive ketones (excluding diaryl/α,β-unsaturated/α-hetero) is 1. The molecule has 0 radical (unpaired) electrons. The van der Waals surface area contributed by atoms with Crippen LogP contribution in [0, 0.1) is 5.92 Å². The fraction of sp³-hybridized carbons (Fsp3) is 0.432. The highest BCUT2D eigenvalue weighted by Gasteiger charge is 2.31. The lowest BCUT2D eigenvalue weighted by Crippen LogP contribution is -2.53. The number of carbonyl (C=O) groups is 3. The summed E-state index contributed by atoms with van der Waals surface area (Å²) in [5.41, 5.74) is 1.66. The molecule has 2 amide bonds. The summed E-state index contributed by atoms with van der Waals surface area (Å²) in [4.78, 5) is 42.5. The average Bonchev–Trinajstić information content (AvgIpc) is 3.10. The molecule has 1 saturated heterocycles. The minimum atomic E-state index is -3.40. The van der Waals surface area contributed by atoms with E-state index in [-0.39, 0.29) is 25.1 Å². The number of hydrogen-bond acceptors (Lipinski definition) is 8. The van der Waals surface area contributed by atoms with Crippen LogP contribution in [-0.4, -0.2) is 80.4 Å². The summed E-state index contributed by atoms with van der Waals surface area (Å²) in [6, 6.07) is 25.7. The van der Waals surface area contributed by atoms with Crippen molar-refractivity contribution in [1.29, 1.82) is 0 Å². The number of hydrogen-bond donors (Lipinski definition) is 2. The highest BCUT2D eigenvalue weighted by molar-refractivity contribution is 7.67. The number of nitrogens with zero attached hydrogens (tertiary/aromatic N) is 1. The van der Waals surface area contributed by atoms with Crippen LogP contribution in [0.4, 0.5) is 4.79 Å². The molecule has 1 aliphatic heterocycles. The minimum Gasteiger partial charge on any atom is -0.445 e. The van der Waals surface area contributed by atoms with Gasteiger partial charge in [-0.3, -0.25) is 19.1 Å². The van der Waals surface area contributed by atoms with Crippen LogP contribution in [0.5, 0.6) is 0 Å². The Hall–Kier alpha value is -3.82. The average molecular weight is 678 g/mol. The van der Waals surface area contributed by atoms with Gasteiger partial charge in [0.2, 0.25) is 13.3 Å². The highest BCUT2D eigenvalue weighted by atomic mass is 31.2. The summed E-state index contributed by atoms with van der Waals surface area (Å²) in [7, 11) is -3.40. The second kappa shape index (κ2) is 19.2. The molecular formula is C37H48N3O7P. The van der Waals surface area contributed by atoms with E-state index in [2.05, 4.69) is 15.5 Å². The third kappa shape index (κ3) is 12.3. The zero-order valence-electron chi connectivity index (χ0n) is 27.9. The van der Waals surface area contributed by atoms with Crippen LogP contribution in [0.25, 0.3) is 0 Å². The maximum absolute atomic E-state index is 14.3. The van der Waals surface area contributed by atoms with Gasteiger partial charge >= 0.3 is 6.09 Å². The Morgan fingerprint density at radius 1 is 0.833 bits per heavy atom. The van der Waals surface area contributed by atoms with E-state index in [1.54, 1.807) is 24.3 Å². The number of ketones is 1. The normalized spacial score (nSPS) is 16.0. The predicted octanol–water partition coefficient (Wildman–Crippen LogP) is 4.97. The molecule has 1 aliphatic rings. The lowest BCUT2D eigenvalue weighted by atomic mass is 10.00. The van der Waals surface area contributed by atoms with Crippen molar-refractivity contribution in [2.45, 2.75) is 51.8 Å². The molecule has 3 aromatic rings. The van der Waals surface area contributed by atoms with Gasteiger partial charge in [0.25, 0.3) is 0 Å². The van der Waals surface area contributed by atoms with Gasteiger partial charge in [-0.2, -0.15) is 0 Å². The molecule has 10 nitrogen and oxygen atoms in total. The van der Waals surface area contributed by atoms with E-state index >= 15 is 0 Å². The van der Waals surface area contributed by atoms with Gasteiger partial charge in [-0.25, -0.2) is 4.79 Å². The first-order valence-corrected chi connectivity index (χ1v) is 18.5. The Labute approximate surface area is 284 Å². The Morgan fingerprint density at radius 2 is 1.44 bits per heavy atom. The van der Waals surface area contributed by atoms with Gasteiger partial charge in [-0.15, -0.1) is 0 Å². The van der Waals surface area contributed by atoms with E-state index in [0.717, 1.165) is 30.8 Å². The summed E-state index contributed by atoms with van der Waals surface area (Å²) in [6.07, 6.45) is 0.723. The smallest absolute Gasteiger partial charge is 0.408 e. The van der Waals surface area contributed by atoms with Crippen LogP contribution in [0.2, 0.25) is 0 Å². The molecule has 1 unspecified atom stereocenters. The van der Waals surface area contributed by atoms with Crippen molar-refractivity contribution >= 4 is 30.5 Å². The predicted molar refractivity (Wildman–Crippen MR) is 186 cm³/mol. The lowest BCUT2D eigenvalue weighted by molar-refractivity contribution is -0.130. The zero-order chi connectivity index (χ0) is 34.2. The molecule has 48 heavy (non-hydrogen) atoms. The van der Waals surface area contributed by atoms with Crippen molar-refractivity contribution in [3.63, 3.8) is 0 Å². The van der Waals surface area contributed by atoms with Gasteiger partial charge in [0.05, 0.1) is 19.3 Å². The topological polar surface area (TPSA) is 123 Å². The van der Waals surface area contributed by atoms with Crippen molar-refractivity contribution in [2.75, 3.05) is 45.6 Å². The molecular weight excluding hydrogens is 629 g/mol. The van der Waals surface area contributed by atoms with E-state index in [1.807, 2.05) is 80.6 Å². The number of amides is 2. The monoisotopic (exact) mass is 677 g/mol. The van der Waals surface area contributed by atoms with Gasteiger partial charge in [0, 0.05) is 24.6 Å². The first-order chi connectivity index (χ1) is 23.2. The van der Waals surface area contributed by atoms with Gasteiger partial charge in [-0.05, 0) is 55.0 Å². The highest BCUT2D eigenvalue weighted by Crippen LogP contribution is 2.46. The fourth-order valence-corrected chi connectivity index (χ4v) is 7.55. The summed E-state index contributed by atoms with van der Waals surface area (Å²) in [6.45, 7) is 7.26. The standard InChI is InChI=1S/C37H48N3O7P/c1-29(2)25-34(39-37(43)46-27-31-15-8-4-9-16-31)36(42)38-33(26-30-13-6-3-7-14-30)35(41)28-47-48(44,32-17-10-5-11-18-32)24-12-19-40-20-22-45-23-21-40/h3-11,13-18,29,33-34H,12,19-28H2,1-2H3,(H,38,42)(H,39,43)/t33-,34-,48?/m0/s1. The molecule has 3 aromatic carbocycles. The maximum atomic E-state index is 14.3. The summed E-state index contributed by atoms with van der Waals surface area (Å²) < 4.78 is 31.2. The van der Waals surface area contributed by atoms with Crippen LogP contribution >= 0.6 is 7.37 Å². The molecule has 0 saturated carbocycles.